The van der Waals surface area contributed by atoms with Gasteiger partial charge in [0.2, 0.25) is 6.29 Å². The van der Waals surface area contributed by atoms with Gasteiger partial charge in [-0.2, -0.15) is 0 Å². The summed E-state index contributed by atoms with van der Waals surface area (Å²) in [6, 6.07) is 42.3. The van der Waals surface area contributed by atoms with Crippen LogP contribution in [0.2, 0.25) is 0 Å². The Morgan fingerprint density at radius 2 is 0.849 bits per heavy atom. The van der Waals surface area contributed by atoms with E-state index in [2.05, 4.69) is 0 Å². The minimum atomic E-state index is -4.58. The van der Waals surface area contributed by atoms with Gasteiger partial charge in [0.15, 0.2) is 18.3 Å². The van der Waals surface area contributed by atoms with Gasteiger partial charge in [-0.15, -0.1) is 0 Å². The zero-order valence-corrected chi connectivity index (χ0v) is 29.6. The van der Waals surface area contributed by atoms with Crippen LogP contribution in [0, 0.1) is 0 Å². The highest BCUT2D eigenvalue weighted by Crippen LogP contribution is 2.53. The number of phosphoric ester groups is 1. The second-order valence-electron chi connectivity index (χ2n) is 12.0. The smallest absolute Gasteiger partial charge is 0.452 e. The van der Waals surface area contributed by atoms with Crippen LogP contribution in [-0.4, -0.2) is 48.6 Å². The predicted octanol–water partition coefficient (Wildman–Crippen LogP) is 7.97. The van der Waals surface area contributed by atoms with Crippen molar-refractivity contribution in [1.82, 2.24) is 0 Å². The zero-order valence-electron chi connectivity index (χ0n) is 28.7. The molecule has 1 fully saturated rings. The summed E-state index contributed by atoms with van der Waals surface area (Å²) in [5.74, 6) is -2.40. The van der Waals surface area contributed by atoms with Gasteiger partial charge in [-0.3, -0.25) is 13.6 Å². The summed E-state index contributed by atoms with van der Waals surface area (Å²) < 4.78 is 56.5. The van der Waals surface area contributed by atoms with Crippen molar-refractivity contribution in [3.05, 3.63) is 179 Å². The Morgan fingerprint density at radius 3 is 1.25 bits per heavy atom. The van der Waals surface area contributed by atoms with Crippen LogP contribution in [0.25, 0.3) is 0 Å². The first-order valence-corrected chi connectivity index (χ1v) is 18.3. The summed E-state index contributed by atoms with van der Waals surface area (Å²) in [5, 5.41) is 0. The molecule has 0 radical (unpaired) electrons. The maximum Gasteiger partial charge on any atom is 0.477 e. The van der Waals surface area contributed by atoms with E-state index in [0.29, 0.717) is 11.1 Å². The molecule has 0 aromatic heterocycles. The molecule has 0 spiro atoms. The topological polar surface area (TPSA) is 133 Å². The molecule has 0 saturated carbocycles. The van der Waals surface area contributed by atoms with Crippen LogP contribution in [0.4, 0.5) is 0 Å². The third-order valence-electron chi connectivity index (χ3n) is 8.18. The van der Waals surface area contributed by atoms with Gasteiger partial charge in [-0.05, 0) is 54.4 Å². The molecule has 1 heterocycles. The van der Waals surface area contributed by atoms with E-state index in [9.17, 15) is 18.9 Å². The Hall–Kier alpha value is -5.42. The number of rotatable bonds is 14. The van der Waals surface area contributed by atoms with E-state index in [4.69, 9.17) is 32.5 Å². The van der Waals surface area contributed by atoms with E-state index in [1.54, 1.807) is 122 Å². The fourth-order valence-corrected chi connectivity index (χ4v) is 6.69. The first kappa shape index (κ1) is 37.3. The van der Waals surface area contributed by atoms with Crippen LogP contribution < -0.4 is 0 Å². The van der Waals surface area contributed by atoms with Crippen LogP contribution in [0.1, 0.15) is 49.1 Å². The molecule has 0 aliphatic carbocycles. The van der Waals surface area contributed by atoms with E-state index < -0.39 is 56.4 Å². The Morgan fingerprint density at radius 1 is 0.509 bits per heavy atom. The van der Waals surface area contributed by atoms with Crippen LogP contribution in [0.15, 0.2) is 152 Å². The minimum Gasteiger partial charge on any atom is -0.452 e. The Bertz CT molecular complexity index is 1930. The molecule has 53 heavy (non-hydrogen) atoms. The summed E-state index contributed by atoms with van der Waals surface area (Å²) in [6.45, 7) is 1.21. The maximum absolute atomic E-state index is 14.6. The van der Waals surface area contributed by atoms with Crippen molar-refractivity contribution >= 4 is 25.7 Å². The first-order valence-electron chi connectivity index (χ1n) is 16.9. The van der Waals surface area contributed by atoms with Gasteiger partial charge in [0.25, 0.3) is 0 Å². The molecule has 272 valence electrons. The highest BCUT2D eigenvalue weighted by Gasteiger charge is 2.54. The summed E-state index contributed by atoms with van der Waals surface area (Å²) >= 11 is 0. The van der Waals surface area contributed by atoms with Crippen molar-refractivity contribution in [1.29, 1.82) is 0 Å². The highest BCUT2D eigenvalue weighted by atomic mass is 31.2. The number of phosphoric acid groups is 1. The van der Waals surface area contributed by atoms with Gasteiger partial charge in [0.1, 0.15) is 0 Å². The summed E-state index contributed by atoms with van der Waals surface area (Å²) in [4.78, 5) is 40.7. The van der Waals surface area contributed by atoms with Crippen molar-refractivity contribution in [2.75, 3.05) is 0 Å². The number of carbonyl (C=O) groups is 3. The van der Waals surface area contributed by atoms with E-state index in [1.807, 2.05) is 12.1 Å². The third-order valence-corrected chi connectivity index (χ3v) is 9.54. The van der Waals surface area contributed by atoms with E-state index in [0.717, 1.165) is 0 Å². The number of carbonyl (C=O) groups excluding carboxylic acids is 3. The lowest BCUT2D eigenvalue weighted by atomic mass is 9.98. The molecule has 0 N–H and O–H groups in total. The van der Waals surface area contributed by atoms with E-state index >= 15 is 0 Å². The monoisotopic (exact) mass is 736 g/mol. The van der Waals surface area contributed by atoms with Gasteiger partial charge < -0.3 is 18.9 Å². The van der Waals surface area contributed by atoms with Gasteiger partial charge in [0.05, 0.1) is 36.0 Å². The number of hydrogen-bond donors (Lipinski definition) is 0. The quantitative estimate of drug-likeness (QED) is 0.0625. The van der Waals surface area contributed by atoms with Crippen LogP contribution in [-0.2, 0) is 50.3 Å². The SMILES string of the molecule is C[C@@H]1O[C@H](OP(=O)(OCc2ccccc2)OCc2ccccc2)[C@@H](OC(=O)c2ccccc2)[C@H](OC(=O)c2ccccc2)[C@@H]1OC(=O)c1ccccc1. The minimum absolute atomic E-state index is 0.152. The second kappa shape index (κ2) is 17.9. The molecule has 5 atom stereocenters. The predicted molar refractivity (Wildman–Crippen MR) is 192 cm³/mol. The zero-order chi connectivity index (χ0) is 37.0. The molecule has 5 aromatic carbocycles. The van der Waals surface area contributed by atoms with Gasteiger partial charge in [-0.25, -0.2) is 18.9 Å². The Balaban J connectivity index is 1.37. The number of benzene rings is 5. The first-order chi connectivity index (χ1) is 25.8. The molecule has 5 aromatic rings. The lowest BCUT2D eigenvalue weighted by Crippen LogP contribution is -2.61. The summed E-state index contributed by atoms with van der Waals surface area (Å²) in [7, 11) is -4.58. The molecule has 1 aliphatic rings. The molecule has 6 rings (SSSR count). The third kappa shape index (κ3) is 10.1. The van der Waals surface area contributed by atoms with E-state index in [-0.39, 0.29) is 29.9 Å². The number of hydrogen-bond acceptors (Lipinski definition) is 11. The van der Waals surface area contributed by atoms with Crippen molar-refractivity contribution in [3.63, 3.8) is 0 Å². The molecular weight excluding hydrogens is 699 g/mol. The van der Waals surface area contributed by atoms with E-state index in [1.165, 1.54) is 24.3 Å². The lowest BCUT2D eigenvalue weighted by molar-refractivity contribution is -0.271. The Kier molecular flexibility index (Phi) is 12.6. The standard InChI is InChI=1S/C41H37O11P/c1-29-35(49-38(42)32-21-11-4-12-22-32)36(50-39(43)33-23-13-5-14-24-33)37(51-40(44)34-25-15-6-16-26-34)41(48-29)52-53(45,46-27-30-17-7-2-8-18-30)47-28-31-19-9-3-10-20-31/h2-26,29,35-37,41H,27-28H2,1H3/t29-,35+,36+,37-,41+/m0/s1. The molecule has 0 unspecified atom stereocenters. The number of ether oxygens (including phenoxy) is 4. The fourth-order valence-electron chi connectivity index (χ4n) is 5.46. The summed E-state index contributed by atoms with van der Waals surface area (Å²) in [6.07, 6.45) is -7.30. The fraction of sp³-hybridized carbons (Fsp3) is 0.195. The normalized spacial score (nSPS) is 19.8. The van der Waals surface area contributed by atoms with Gasteiger partial charge >= 0.3 is 25.7 Å². The molecular formula is C41H37O11P. The molecule has 1 aliphatic heterocycles. The van der Waals surface area contributed by atoms with Crippen molar-refractivity contribution in [2.24, 2.45) is 0 Å². The molecule has 0 amide bonds. The van der Waals surface area contributed by atoms with Crippen LogP contribution in [0.5, 0.6) is 0 Å². The Labute approximate surface area is 306 Å². The largest absolute Gasteiger partial charge is 0.477 e. The molecule has 1 saturated heterocycles. The lowest BCUT2D eigenvalue weighted by Gasteiger charge is -2.43. The van der Waals surface area contributed by atoms with Crippen molar-refractivity contribution in [3.8, 4) is 0 Å². The molecule has 12 heteroatoms. The van der Waals surface area contributed by atoms with Crippen molar-refractivity contribution in [2.45, 2.75) is 50.8 Å². The summed E-state index contributed by atoms with van der Waals surface area (Å²) in [5.41, 5.74) is 1.89. The average molecular weight is 737 g/mol. The molecule has 11 nitrogen and oxygen atoms in total. The van der Waals surface area contributed by atoms with Gasteiger partial charge in [0, 0.05) is 0 Å². The van der Waals surface area contributed by atoms with Crippen molar-refractivity contribution < 1.29 is 51.5 Å². The number of esters is 3. The average Bonchev–Trinajstić information content (AvgIpc) is 3.20. The van der Waals surface area contributed by atoms with Crippen LogP contribution in [0.3, 0.4) is 0 Å². The van der Waals surface area contributed by atoms with Crippen LogP contribution >= 0.6 is 7.82 Å². The molecule has 0 bridgehead atoms. The van der Waals surface area contributed by atoms with Gasteiger partial charge in [-0.1, -0.05) is 115 Å². The maximum atomic E-state index is 14.6. The highest BCUT2D eigenvalue weighted by molar-refractivity contribution is 7.48. The second-order valence-corrected chi connectivity index (χ2v) is 13.6.